The monoisotopic (exact) mass is 206 g/mol. The molecule has 0 unspecified atom stereocenters. The summed E-state index contributed by atoms with van der Waals surface area (Å²) < 4.78 is 21.0. The van der Waals surface area contributed by atoms with E-state index in [-0.39, 0.29) is 0 Å². The quantitative estimate of drug-likeness (QED) is 0.434. The van der Waals surface area contributed by atoms with Crippen LogP contribution in [-0.2, 0) is 19.4 Å². The van der Waals surface area contributed by atoms with Crippen LogP contribution in [0.4, 0.5) is 0 Å². The third-order valence-electron chi connectivity index (χ3n) is 0.828. The van der Waals surface area contributed by atoms with Gasteiger partial charge in [0.25, 0.3) is 5.91 Å². The lowest BCUT2D eigenvalue weighted by Crippen LogP contribution is -2.39. The van der Waals surface area contributed by atoms with E-state index in [0.717, 1.165) is 17.7 Å². The molecule has 0 spiro atoms. The van der Waals surface area contributed by atoms with Crippen molar-refractivity contribution < 1.29 is 18.0 Å². The third kappa shape index (κ3) is 8.54. The molecule has 0 radical (unpaired) electrons. The summed E-state index contributed by atoms with van der Waals surface area (Å²) in [4.78, 5) is 21.0. The number of rotatable bonds is 2. The number of carbonyl (C=O) groups is 2. The molecule has 0 saturated heterocycles. The van der Waals surface area contributed by atoms with Crippen molar-refractivity contribution in [3.8, 4) is 0 Å². The SMILES string of the molecule is CC(=O)NNC(=O)/C=C/S(C)(=O)=O. The first-order valence-corrected chi connectivity index (χ1v) is 5.21. The molecule has 0 atom stereocenters. The Bertz CT molecular complexity index is 331. The summed E-state index contributed by atoms with van der Waals surface area (Å²) in [5.41, 5.74) is 3.96. The smallest absolute Gasteiger partial charge is 0.263 e. The molecule has 7 heteroatoms. The molecule has 0 aliphatic carbocycles. The zero-order valence-corrected chi connectivity index (χ0v) is 8.01. The molecule has 0 aromatic carbocycles. The van der Waals surface area contributed by atoms with Crippen LogP contribution in [0, 0.1) is 0 Å². The van der Waals surface area contributed by atoms with Crippen molar-refractivity contribution in [2.45, 2.75) is 6.92 Å². The number of nitrogens with one attached hydrogen (secondary N) is 2. The van der Waals surface area contributed by atoms with Crippen LogP contribution >= 0.6 is 0 Å². The molecule has 2 amide bonds. The molecule has 0 aliphatic rings. The molecule has 2 N–H and O–H groups in total. The van der Waals surface area contributed by atoms with Crippen LogP contribution in [0.25, 0.3) is 0 Å². The Labute approximate surface area is 75.9 Å². The summed E-state index contributed by atoms with van der Waals surface area (Å²) in [7, 11) is -3.31. The Kier molecular flexibility index (Phi) is 4.12. The zero-order valence-electron chi connectivity index (χ0n) is 7.20. The number of carbonyl (C=O) groups excluding carboxylic acids is 2. The van der Waals surface area contributed by atoms with Gasteiger partial charge in [-0.15, -0.1) is 0 Å². The highest BCUT2D eigenvalue weighted by molar-refractivity contribution is 7.93. The average Bonchev–Trinajstić information content (AvgIpc) is 1.95. The van der Waals surface area contributed by atoms with Crippen molar-refractivity contribution in [1.29, 1.82) is 0 Å². The van der Waals surface area contributed by atoms with E-state index in [1.54, 1.807) is 0 Å². The summed E-state index contributed by atoms with van der Waals surface area (Å²) in [5.74, 6) is -1.15. The van der Waals surface area contributed by atoms with Crippen molar-refractivity contribution >= 4 is 21.7 Å². The summed E-state index contributed by atoms with van der Waals surface area (Å²) in [6, 6.07) is 0. The lowest BCUT2D eigenvalue weighted by molar-refractivity contribution is -0.125. The summed E-state index contributed by atoms with van der Waals surface area (Å²) in [6.07, 6.45) is 1.76. The first kappa shape index (κ1) is 11.6. The van der Waals surface area contributed by atoms with Crippen molar-refractivity contribution in [2.75, 3.05) is 6.26 Å². The first-order valence-electron chi connectivity index (χ1n) is 3.26. The molecule has 0 aliphatic heterocycles. The van der Waals surface area contributed by atoms with Gasteiger partial charge in [-0.2, -0.15) is 0 Å². The Morgan fingerprint density at radius 1 is 1.23 bits per heavy atom. The predicted octanol–water partition coefficient (Wildman–Crippen LogP) is -1.29. The highest BCUT2D eigenvalue weighted by atomic mass is 32.2. The van der Waals surface area contributed by atoms with Crippen LogP contribution in [-0.4, -0.2) is 26.5 Å². The Morgan fingerprint density at radius 3 is 2.15 bits per heavy atom. The lowest BCUT2D eigenvalue weighted by Gasteiger charge is -1.99. The van der Waals surface area contributed by atoms with E-state index >= 15 is 0 Å². The maximum absolute atomic E-state index is 10.7. The number of hydrogen-bond acceptors (Lipinski definition) is 4. The van der Waals surface area contributed by atoms with Crippen molar-refractivity contribution in [2.24, 2.45) is 0 Å². The highest BCUT2D eigenvalue weighted by Gasteiger charge is 1.98. The minimum Gasteiger partial charge on any atom is -0.274 e. The maximum Gasteiger partial charge on any atom is 0.263 e. The van der Waals surface area contributed by atoms with Gasteiger partial charge in [-0.05, 0) is 0 Å². The highest BCUT2D eigenvalue weighted by Crippen LogP contribution is 1.83. The van der Waals surface area contributed by atoms with Gasteiger partial charge in [0.2, 0.25) is 5.91 Å². The van der Waals surface area contributed by atoms with Crippen molar-refractivity contribution in [1.82, 2.24) is 10.9 Å². The van der Waals surface area contributed by atoms with Gasteiger partial charge < -0.3 is 0 Å². The van der Waals surface area contributed by atoms with E-state index in [4.69, 9.17) is 0 Å². The fourth-order valence-electron chi connectivity index (χ4n) is 0.377. The van der Waals surface area contributed by atoms with E-state index in [1.807, 2.05) is 10.9 Å². The molecule has 74 valence electrons. The van der Waals surface area contributed by atoms with Gasteiger partial charge in [-0.3, -0.25) is 20.4 Å². The van der Waals surface area contributed by atoms with Gasteiger partial charge in [0.05, 0.1) is 0 Å². The minimum absolute atomic E-state index is 0.443. The molecule has 0 saturated carbocycles. The van der Waals surface area contributed by atoms with Crippen LogP contribution in [0.3, 0.4) is 0 Å². The average molecular weight is 206 g/mol. The molecular weight excluding hydrogens is 196 g/mol. The van der Waals surface area contributed by atoms with Crippen LogP contribution in [0.15, 0.2) is 11.5 Å². The number of hydrazine groups is 1. The summed E-state index contributed by atoms with van der Waals surface area (Å²) in [5, 5.41) is 0.740. The van der Waals surface area contributed by atoms with Crippen LogP contribution < -0.4 is 10.9 Å². The van der Waals surface area contributed by atoms with Crippen molar-refractivity contribution in [3.05, 3.63) is 11.5 Å². The van der Waals surface area contributed by atoms with E-state index < -0.39 is 21.7 Å². The van der Waals surface area contributed by atoms with E-state index in [9.17, 15) is 18.0 Å². The maximum atomic E-state index is 10.7. The summed E-state index contributed by atoms with van der Waals surface area (Å²) >= 11 is 0. The van der Waals surface area contributed by atoms with Gasteiger partial charge in [0, 0.05) is 24.7 Å². The molecule has 0 heterocycles. The Hall–Kier alpha value is -1.37. The largest absolute Gasteiger partial charge is 0.274 e. The second-order valence-corrected chi connectivity index (χ2v) is 4.23. The Balaban J connectivity index is 4.03. The number of amides is 2. The second kappa shape index (κ2) is 4.61. The lowest BCUT2D eigenvalue weighted by atomic mass is 10.6. The fraction of sp³-hybridized carbons (Fsp3) is 0.333. The molecule has 0 rings (SSSR count). The molecule has 0 fully saturated rings. The van der Waals surface area contributed by atoms with Gasteiger partial charge >= 0.3 is 0 Å². The van der Waals surface area contributed by atoms with E-state index in [0.29, 0.717) is 0 Å². The predicted molar refractivity (Wildman–Crippen MR) is 45.9 cm³/mol. The first-order chi connectivity index (χ1) is 5.81. The Morgan fingerprint density at radius 2 is 1.77 bits per heavy atom. The van der Waals surface area contributed by atoms with E-state index in [1.165, 1.54) is 6.92 Å². The molecular formula is C6H10N2O4S. The number of hydrogen-bond donors (Lipinski definition) is 2. The van der Waals surface area contributed by atoms with Crippen molar-refractivity contribution in [3.63, 3.8) is 0 Å². The van der Waals surface area contributed by atoms with Crippen LogP contribution in [0.5, 0.6) is 0 Å². The molecule has 0 aromatic rings. The van der Waals surface area contributed by atoms with Gasteiger partial charge in [-0.25, -0.2) is 8.42 Å². The fourth-order valence-corrected chi connectivity index (χ4v) is 0.747. The zero-order chi connectivity index (χ0) is 10.5. The second-order valence-electron chi connectivity index (χ2n) is 2.30. The standard InChI is InChI=1S/C6H10N2O4S/c1-5(9)7-8-6(10)3-4-13(2,11)12/h3-4H,1-2H3,(H,7,9)(H,8,10)/b4-3+. The van der Waals surface area contributed by atoms with E-state index in [2.05, 4.69) is 0 Å². The molecule has 13 heavy (non-hydrogen) atoms. The normalized spacial score (nSPS) is 11.2. The van der Waals surface area contributed by atoms with Crippen LogP contribution in [0.2, 0.25) is 0 Å². The number of sulfone groups is 1. The minimum atomic E-state index is -3.31. The van der Waals surface area contributed by atoms with Gasteiger partial charge in [-0.1, -0.05) is 0 Å². The molecule has 6 nitrogen and oxygen atoms in total. The molecule has 0 aromatic heterocycles. The summed E-state index contributed by atoms with van der Waals surface area (Å²) in [6.45, 7) is 1.21. The van der Waals surface area contributed by atoms with Gasteiger partial charge in [0.15, 0.2) is 9.84 Å². The topological polar surface area (TPSA) is 92.3 Å². The molecule has 0 bridgehead atoms. The van der Waals surface area contributed by atoms with Gasteiger partial charge in [0.1, 0.15) is 0 Å². The van der Waals surface area contributed by atoms with Crippen LogP contribution in [0.1, 0.15) is 6.92 Å². The third-order valence-corrected chi connectivity index (χ3v) is 1.46.